The molecule has 0 bridgehead atoms. The highest BCUT2D eigenvalue weighted by Gasteiger charge is 2.11. The van der Waals surface area contributed by atoms with Crippen molar-refractivity contribution in [3.8, 4) is 11.5 Å². The van der Waals surface area contributed by atoms with E-state index in [0.717, 1.165) is 22.3 Å². The molecule has 0 aliphatic heterocycles. The van der Waals surface area contributed by atoms with Crippen LogP contribution in [0.2, 0.25) is 5.02 Å². The molecular formula is C28H25ClN2O4S. The van der Waals surface area contributed by atoms with Crippen LogP contribution in [0, 0.1) is 13.8 Å². The first-order chi connectivity index (χ1) is 17.5. The van der Waals surface area contributed by atoms with Crippen LogP contribution < -0.4 is 19.6 Å². The van der Waals surface area contributed by atoms with E-state index in [0.29, 0.717) is 46.7 Å². The van der Waals surface area contributed by atoms with Crippen LogP contribution >= 0.6 is 22.9 Å². The first-order valence-electron chi connectivity index (χ1n) is 11.6. The summed E-state index contributed by atoms with van der Waals surface area (Å²) in [5.74, 6) is 1.47. The van der Waals surface area contributed by atoms with E-state index in [2.05, 4.69) is 18.8 Å². The standard InChI is InChI=1S/C28H25ClN2O4S/c1-18-7-9-22(15-19(18)2)34-13-11-33-12-14-35-25-10-8-21(29)16-20(25)17-26-27(32)31-24-6-4-3-5-23(24)30-28(31)36-26/h3-10,15-17H,11-14H2,1-2H3/b26-17+. The molecule has 0 fully saturated rings. The molecule has 0 spiro atoms. The maximum atomic E-state index is 13.1. The topological polar surface area (TPSA) is 62.1 Å². The van der Waals surface area contributed by atoms with Crippen molar-refractivity contribution in [3.63, 3.8) is 0 Å². The Bertz CT molecular complexity index is 1640. The first kappa shape index (κ1) is 24.3. The number of ether oxygens (including phenoxy) is 3. The minimum atomic E-state index is -0.110. The van der Waals surface area contributed by atoms with E-state index in [4.69, 9.17) is 25.8 Å². The Labute approximate surface area is 217 Å². The lowest BCUT2D eigenvalue weighted by Gasteiger charge is -2.11. The maximum absolute atomic E-state index is 13.1. The number of benzene rings is 3. The number of rotatable bonds is 9. The van der Waals surface area contributed by atoms with Crippen molar-refractivity contribution >= 4 is 45.0 Å². The number of aromatic nitrogens is 2. The molecule has 5 aromatic rings. The second-order valence-electron chi connectivity index (χ2n) is 8.37. The zero-order valence-corrected chi connectivity index (χ0v) is 21.6. The Balaban J connectivity index is 1.22. The third-order valence-corrected chi connectivity index (χ3v) is 7.07. The molecule has 0 N–H and O–H groups in total. The maximum Gasteiger partial charge on any atom is 0.274 e. The van der Waals surface area contributed by atoms with Gasteiger partial charge in [0.15, 0.2) is 4.96 Å². The summed E-state index contributed by atoms with van der Waals surface area (Å²) in [6.45, 7) is 5.82. The van der Waals surface area contributed by atoms with Gasteiger partial charge in [-0.1, -0.05) is 41.1 Å². The number of nitrogens with zero attached hydrogens (tertiary/aromatic N) is 2. The Kier molecular flexibility index (Phi) is 7.23. The van der Waals surface area contributed by atoms with Gasteiger partial charge in [0.1, 0.15) is 24.7 Å². The van der Waals surface area contributed by atoms with Gasteiger partial charge in [0, 0.05) is 10.6 Å². The SMILES string of the molecule is Cc1ccc(OCCOCCOc2ccc(Cl)cc2/C=c2/sc3nc4ccccc4n3c2=O)cc1C. The highest BCUT2D eigenvalue weighted by molar-refractivity contribution is 7.15. The Morgan fingerprint density at radius 1 is 0.944 bits per heavy atom. The van der Waals surface area contributed by atoms with Gasteiger partial charge < -0.3 is 14.2 Å². The second-order valence-corrected chi connectivity index (χ2v) is 9.82. The lowest BCUT2D eigenvalue weighted by molar-refractivity contribution is 0.0763. The molecular weight excluding hydrogens is 496 g/mol. The zero-order chi connectivity index (χ0) is 25.1. The number of hydrogen-bond donors (Lipinski definition) is 0. The highest BCUT2D eigenvalue weighted by atomic mass is 35.5. The van der Waals surface area contributed by atoms with Crippen LogP contribution in [0.5, 0.6) is 11.5 Å². The smallest absolute Gasteiger partial charge is 0.274 e. The number of halogens is 1. The Hall–Kier alpha value is -3.39. The number of para-hydroxylation sites is 2. The van der Waals surface area contributed by atoms with Gasteiger partial charge in [-0.3, -0.25) is 4.79 Å². The molecule has 5 rings (SSSR count). The summed E-state index contributed by atoms with van der Waals surface area (Å²) >= 11 is 7.58. The van der Waals surface area contributed by atoms with Crippen LogP contribution in [0.1, 0.15) is 16.7 Å². The lowest BCUT2D eigenvalue weighted by atomic mass is 10.1. The summed E-state index contributed by atoms with van der Waals surface area (Å²) < 4.78 is 19.6. The molecule has 2 heterocycles. The number of aryl methyl sites for hydroxylation is 2. The minimum Gasteiger partial charge on any atom is -0.491 e. The molecule has 8 heteroatoms. The van der Waals surface area contributed by atoms with Gasteiger partial charge in [-0.25, -0.2) is 9.38 Å². The number of fused-ring (bicyclic) bond motifs is 3. The largest absolute Gasteiger partial charge is 0.491 e. The molecule has 6 nitrogen and oxygen atoms in total. The zero-order valence-electron chi connectivity index (χ0n) is 20.0. The fourth-order valence-corrected chi connectivity index (χ4v) is 5.01. The normalized spacial score (nSPS) is 12.0. The molecule has 2 aromatic heterocycles. The van der Waals surface area contributed by atoms with Gasteiger partial charge in [0.25, 0.3) is 5.56 Å². The molecule has 0 radical (unpaired) electrons. The van der Waals surface area contributed by atoms with Gasteiger partial charge in [-0.05, 0) is 73.5 Å². The number of thiazole rings is 1. The Morgan fingerprint density at radius 3 is 2.58 bits per heavy atom. The van der Waals surface area contributed by atoms with Crippen molar-refractivity contribution in [2.24, 2.45) is 0 Å². The van der Waals surface area contributed by atoms with Crippen molar-refractivity contribution < 1.29 is 14.2 Å². The van der Waals surface area contributed by atoms with Crippen LogP contribution in [0.3, 0.4) is 0 Å². The van der Waals surface area contributed by atoms with Crippen molar-refractivity contribution in [1.82, 2.24) is 9.38 Å². The van der Waals surface area contributed by atoms with E-state index in [1.54, 1.807) is 28.7 Å². The lowest BCUT2D eigenvalue weighted by Crippen LogP contribution is -2.22. The molecule has 3 aromatic carbocycles. The molecule has 0 atom stereocenters. The summed E-state index contributed by atoms with van der Waals surface area (Å²) in [5, 5.41) is 0.563. The van der Waals surface area contributed by atoms with E-state index in [1.165, 1.54) is 22.5 Å². The van der Waals surface area contributed by atoms with E-state index in [1.807, 2.05) is 42.5 Å². The molecule has 0 unspecified atom stereocenters. The summed E-state index contributed by atoms with van der Waals surface area (Å²) in [4.78, 5) is 18.3. The van der Waals surface area contributed by atoms with Crippen LogP contribution in [0.4, 0.5) is 0 Å². The van der Waals surface area contributed by atoms with E-state index in [9.17, 15) is 4.79 Å². The van der Waals surface area contributed by atoms with Crippen LogP contribution in [0.15, 0.2) is 65.5 Å². The predicted octanol–water partition coefficient (Wildman–Crippen LogP) is 5.20. The third kappa shape index (κ3) is 5.23. The molecule has 0 saturated heterocycles. The number of hydrogen-bond acceptors (Lipinski definition) is 6. The van der Waals surface area contributed by atoms with Crippen molar-refractivity contribution in [3.05, 3.63) is 97.3 Å². The van der Waals surface area contributed by atoms with Crippen LogP contribution in [-0.2, 0) is 4.74 Å². The molecule has 36 heavy (non-hydrogen) atoms. The summed E-state index contributed by atoms with van der Waals surface area (Å²) in [6, 6.07) is 19.0. The van der Waals surface area contributed by atoms with Gasteiger partial charge in [-0.15, -0.1) is 0 Å². The molecule has 0 saturated carbocycles. The number of imidazole rings is 1. The fraction of sp³-hybridized carbons (Fsp3) is 0.214. The summed E-state index contributed by atoms with van der Waals surface area (Å²) in [5.41, 5.74) is 4.66. The first-order valence-corrected chi connectivity index (χ1v) is 12.8. The van der Waals surface area contributed by atoms with Gasteiger partial charge in [-0.2, -0.15) is 0 Å². The quantitative estimate of drug-likeness (QED) is 0.250. The van der Waals surface area contributed by atoms with Crippen LogP contribution in [-0.4, -0.2) is 35.8 Å². The van der Waals surface area contributed by atoms with Gasteiger partial charge in [0.2, 0.25) is 0 Å². The molecule has 0 aliphatic rings. The van der Waals surface area contributed by atoms with Gasteiger partial charge >= 0.3 is 0 Å². The highest BCUT2D eigenvalue weighted by Crippen LogP contribution is 2.24. The van der Waals surface area contributed by atoms with Crippen LogP contribution in [0.25, 0.3) is 22.1 Å². The van der Waals surface area contributed by atoms with E-state index < -0.39 is 0 Å². The van der Waals surface area contributed by atoms with Gasteiger partial charge in [0.05, 0.1) is 28.8 Å². The fourth-order valence-electron chi connectivity index (χ4n) is 3.85. The molecule has 0 amide bonds. The predicted molar refractivity (Wildman–Crippen MR) is 145 cm³/mol. The second kappa shape index (κ2) is 10.7. The minimum absolute atomic E-state index is 0.110. The van der Waals surface area contributed by atoms with E-state index >= 15 is 0 Å². The summed E-state index contributed by atoms with van der Waals surface area (Å²) in [7, 11) is 0. The van der Waals surface area contributed by atoms with Crippen molar-refractivity contribution in [2.75, 3.05) is 26.4 Å². The summed E-state index contributed by atoms with van der Waals surface area (Å²) in [6.07, 6.45) is 1.80. The molecule has 0 aliphatic carbocycles. The monoisotopic (exact) mass is 520 g/mol. The van der Waals surface area contributed by atoms with Crippen molar-refractivity contribution in [2.45, 2.75) is 13.8 Å². The average Bonchev–Trinajstić information content (AvgIpc) is 3.37. The Morgan fingerprint density at radius 2 is 1.75 bits per heavy atom. The van der Waals surface area contributed by atoms with Crippen molar-refractivity contribution in [1.29, 1.82) is 0 Å². The average molecular weight is 521 g/mol. The third-order valence-electron chi connectivity index (χ3n) is 5.86. The molecule has 184 valence electrons. The van der Waals surface area contributed by atoms with E-state index in [-0.39, 0.29) is 5.56 Å².